The number of nitrogens with zero attached hydrogens (tertiary/aromatic N) is 1. The summed E-state index contributed by atoms with van der Waals surface area (Å²) >= 11 is 3.72. The van der Waals surface area contributed by atoms with Gasteiger partial charge in [-0.3, -0.25) is 0 Å². The van der Waals surface area contributed by atoms with Crippen molar-refractivity contribution in [3.05, 3.63) is 152 Å². The molecule has 0 spiro atoms. The van der Waals surface area contributed by atoms with Crippen LogP contribution < -0.4 is 25.9 Å². The summed E-state index contributed by atoms with van der Waals surface area (Å²) in [6, 6.07) is 55.0. The molecule has 0 atom stereocenters. The van der Waals surface area contributed by atoms with E-state index < -0.39 is 0 Å². The van der Waals surface area contributed by atoms with Gasteiger partial charge in [0.2, 0.25) is 0 Å². The molecule has 4 heterocycles. The van der Waals surface area contributed by atoms with Crippen LogP contribution in [0.3, 0.4) is 0 Å². The van der Waals surface area contributed by atoms with Crippen molar-refractivity contribution in [2.24, 2.45) is 0 Å². The van der Waals surface area contributed by atoms with E-state index in [9.17, 15) is 0 Å². The number of hydrogen-bond donors (Lipinski definition) is 1. The predicted molar refractivity (Wildman–Crippen MR) is 225 cm³/mol. The Balaban J connectivity index is 1.16. The highest BCUT2D eigenvalue weighted by atomic mass is 32.1. The van der Waals surface area contributed by atoms with Crippen LogP contribution in [0.15, 0.2) is 152 Å². The fourth-order valence-corrected chi connectivity index (χ4v) is 10.6. The van der Waals surface area contributed by atoms with E-state index in [0.29, 0.717) is 0 Å². The first-order valence-corrected chi connectivity index (χ1v) is 19.1. The minimum Gasteiger partial charge on any atom is -0.453 e. The van der Waals surface area contributed by atoms with Crippen LogP contribution in [0.5, 0.6) is 11.5 Å². The van der Waals surface area contributed by atoms with Crippen LogP contribution >= 0.6 is 22.7 Å². The van der Waals surface area contributed by atoms with Crippen molar-refractivity contribution < 1.29 is 4.74 Å². The van der Waals surface area contributed by atoms with E-state index in [1.807, 2.05) is 22.7 Å². The molecule has 2 aliphatic rings. The Kier molecular flexibility index (Phi) is 5.90. The van der Waals surface area contributed by atoms with Crippen LogP contribution in [-0.2, 0) is 0 Å². The third-order valence-corrected chi connectivity index (χ3v) is 13.0. The fraction of sp³-hybridized carbons (Fsp3) is 0. The summed E-state index contributed by atoms with van der Waals surface area (Å²) in [5.74, 6) is 1.74. The van der Waals surface area contributed by atoms with E-state index in [2.05, 4.69) is 169 Å². The lowest BCUT2D eigenvalue weighted by atomic mass is 9.58. The van der Waals surface area contributed by atoms with Gasteiger partial charge in [-0.25, -0.2) is 0 Å². The highest BCUT2D eigenvalue weighted by molar-refractivity contribution is 7.26. The molecule has 0 unspecified atom stereocenters. The Morgan fingerprint density at radius 1 is 0.519 bits per heavy atom. The van der Waals surface area contributed by atoms with Gasteiger partial charge in [-0.05, 0) is 88.5 Å². The van der Waals surface area contributed by atoms with E-state index in [1.54, 1.807) is 0 Å². The van der Waals surface area contributed by atoms with Crippen molar-refractivity contribution >= 4 is 120 Å². The summed E-state index contributed by atoms with van der Waals surface area (Å²) < 4.78 is 11.7. The van der Waals surface area contributed by atoms with Gasteiger partial charge in [0.05, 0.1) is 21.8 Å². The SMILES string of the molecule is [B]1c2cccc3c2N(c2ccccc2O3)c2c1c(-c1cc3ccccc3cc1Nc1ccc3sc4ccccc4c3c1)cc1c2sc2ccccc21. The quantitative estimate of drug-likeness (QED) is 0.186. The average Bonchev–Trinajstić information content (AvgIpc) is 3.75. The maximum absolute atomic E-state index is 6.54. The lowest BCUT2D eigenvalue weighted by Gasteiger charge is -2.39. The second kappa shape index (κ2) is 10.7. The summed E-state index contributed by atoms with van der Waals surface area (Å²) in [7, 11) is 2.38. The highest BCUT2D eigenvalue weighted by Gasteiger charge is 2.36. The van der Waals surface area contributed by atoms with Crippen molar-refractivity contribution in [1.29, 1.82) is 0 Å². The largest absolute Gasteiger partial charge is 0.453 e. The van der Waals surface area contributed by atoms with Crippen LogP contribution in [0, 0.1) is 0 Å². The molecule has 1 radical (unpaired) electrons. The summed E-state index contributed by atoms with van der Waals surface area (Å²) in [5, 5.41) is 11.5. The number of rotatable bonds is 3. The van der Waals surface area contributed by atoms with E-state index >= 15 is 0 Å². The van der Waals surface area contributed by atoms with Crippen molar-refractivity contribution in [3.8, 4) is 22.6 Å². The molecule has 0 amide bonds. The molecule has 10 aromatic rings. The molecule has 1 N–H and O–H groups in total. The molecule has 3 nitrogen and oxygen atoms in total. The summed E-state index contributed by atoms with van der Waals surface area (Å²) in [5.41, 5.74) is 10.2. The van der Waals surface area contributed by atoms with Gasteiger partial charge in [0, 0.05) is 52.6 Å². The number of para-hydroxylation sites is 3. The zero-order valence-corrected chi connectivity index (χ0v) is 29.3. The molecule has 0 fully saturated rings. The second-order valence-electron chi connectivity index (χ2n) is 13.6. The lowest BCUT2D eigenvalue weighted by Crippen LogP contribution is -2.42. The molecule has 0 saturated heterocycles. The number of benzene rings is 8. The maximum atomic E-state index is 6.54. The Hall–Kier alpha value is -6.08. The summed E-state index contributed by atoms with van der Waals surface area (Å²) in [6.07, 6.45) is 0. The molecule has 241 valence electrons. The second-order valence-corrected chi connectivity index (χ2v) is 15.7. The predicted octanol–water partition coefficient (Wildman–Crippen LogP) is 12.5. The van der Waals surface area contributed by atoms with E-state index in [-0.39, 0.29) is 0 Å². The first-order chi connectivity index (χ1) is 25.7. The number of anilines is 5. The third-order valence-electron chi connectivity index (χ3n) is 10.6. The molecule has 52 heavy (non-hydrogen) atoms. The number of nitrogens with one attached hydrogen (secondary N) is 1. The Labute approximate surface area is 308 Å². The van der Waals surface area contributed by atoms with E-state index in [0.717, 1.165) is 39.7 Å². The minimum atomic E-state index is 0.865. The number of ether oxygens (including phenoxy) is 1. The van der Waals surface area contributed by atoms with Gasteiger partial charge in [0.15, 0.2) is 18.8 Å². The lowest BCUT2D eigenvalue weighted by molar-refractivity contribution is 0.477. The van der Waals surface area contributed by atoms with Crippen LogP contribution in [-0.4, -0.2) is 7.28 Å². The van der Waals surface area contributed by atoms with Crippen LogP contribution in [0.25, 0.3) is 62.2 Å². The topological polar surface area (TPSA) is 24.5 Å². The van der Waals surface area contributed by atoms with Crippen LogP contribution in [0.2, 0.25) is 0 Å². The molecular formula is C46H26BN2OS2. The van der Waals surface area contributed by atoms with Gasteiger partial charge in [-0.15, -0.1) is 22.7 Å². The van der Waals surface area contributed by atoms with Gasteiger partial charge in [0.25, 0.3) is 0 Å². The average molecular weight is 698 g/mol. The first-order valence-electron chi connectivity index (χ1n) is 17.5. The maximum Gasteiger partial charge on any atom is 0.198 e. The normalized spacial score (nSPS) is 12.9. The molecule has 0 bridgehead atoms. The molecule has 2 aromatic heterocycles. The standard InChI is InChI=1S/C46H26BN2OS2/c1-2-11-27-23-36(48-28-20-21-42-32(24-28)29-12-3-7-18-40(29)51-42)31(22-26(27)10-1)33-25-34-30-13-4-8-19-41(30)52-46(34)45-43(33)47-35-14-9-17-39-44(35)49(45)37-15-5-6-16-38(37)50-39/h1-25,48H. The smallest absolute Gasteiger partial charge is 0.198 e. The summed E-state index contributed by atoms with van der Waals surface area (Å²) in [4.78, 5) is 2.46. The molecule has 0 saturated carbocycles. The first kappa shape index (κ1) is 28.6. The molecular weight excluding hydrogens is 671 g/mol. The minimum absolute atomic E-state index is 0.865. The van der Waals surface area contributed by atoms with Crippen LogP contribution in [0.1, 0.15) is 0 Å². The molecule has 6 heteroatoms. The van der Waals surface area contributed by atoms with Gasteiger partial charge in [-0.2, -0.15) is 0 Å². The third kappa shape index (κ3) is 4.08. The Morgan fingerprint density at radius 2 is 1.23 bits per heavy atom. The highest BCUT2D eigenvalue weighted by Crippen LogP contribution is 2.54. The van der Waals surface area contributed by atoms with Crippen molar-refractivity contribution in [1.82, 2.24) is 0 Å². The van der Waals surface area contributed by atoms with Gasteiger partial charge in [0.1, 0.15) is 0 Å². The van der Waals surface area contributed by atoms with Gasteiger partial charge < -0.3 is 15.0 Å². The van der Waals surface area contributed by atoms with Gasteiger partial charge in [-0.1, -0.05) is 90.4 Å². The number of thiophene rings is 2. The van der Waals surface area contributed by atoms with Crippen molar-refractivity contribution in [3.63, 3.8) is 0 Å². The Bertz CT molecular complexity index is 3140. The van der Waals surface area contributed by atoms with Crippen molar-refractivity contribution in [2.75, 3.05) is 10.2 Å². The number of fused-ring (bicyclic) bond motifs is 12. The summed E-state index contributed by atoms with van der Waals surface area (Å²) in [6.45, 7) is 0. The molecule has 0 aliphatic carbocycles. The zero-order valence-electron chi connectivity index (χ0n) is 27.7. The molecule has 2 aliphatic heterocycles. The number of hydrogen-bond acceptors (Lipinski definition) is 5. The van der Waals surface area contributed by atoms with E-state index in [1.165, 1.54) is 73.4 Å². The van der Waals surface area contributed by atoms with Gasteiger partial charge >= 0.3 is 0 Å². The monoisotopic (exact) mass is 697 g/mol. The van der Waals surface area contributed by atoms with E-state index in [4.69, 9.17) is 4.74 Å². The van der Waals surface area contributed by atoms with Crippen molar-refractivity contribution in [2.45, 2.75) is 0 Å². The molecule has 12 rings (SSSR count). The Morgan fingerprint density at radius 3 is 2.12 bits per heavy atom. The molecule has 8 aromatic carbocycles. The zero-order chi connectivity index (χ0) is 33.9. The fourth-order valence-electron chi connectivity index (χ4n) is 8.31. The van der Waals surface area contributed by atoms with Crippen LogP contribution in [0.4, 0.5) is 28.4 Å².